The Morgan fingerprint density at radius 2 is 1.96 bits per heavy atom. The Bertz CT molecular complexity index is 782. The van der Waals surface area contributed by atoms with Gasteiger partial charge in [0.25, 0.3) is 0 Å². The first-order chi connectivity index (χ1) is 12.9. The monoisotopic (exact) mass is 499 g/mol. The second-order valence-electron chi connectivity index (χ2n) is 7.41. The van der Waals surface area contributed by atoms with E-state index in [1.54, 1.807) is 19.0 Å². The summed E-state index contributed by atoms with van der Waals surface area (Å²) >= 11 is 0. The Labute approximate surface area is 185 Å². The molecule has 3 N–H and O–H groups in total. The first-order valence-corrected chi connectivity index (χ1v) is 9.72. The van der Waals surface area contributed by atoms with Crippen molar-refractivity contribution >= 4 is 46.7 Å². The second-order valence-corrected chi connectivity index (χ2v) is 7.41. The van der Waals surface area contributed by atoms with Crippen LogP contribution in [-0.2, 0) is 17.6 Å². The molecule has 0 saturated heterocycles. The SMILES string of the molecule is CCc1cccc2c(CCNC(=NCC(=O)N(C)C)NCC(C)C)c[nH]c12.I. The number of aryl methyl sites for hydroxylation is 1. The van der Waals surface area contributed by atoms with Crippen molar-refractivity contribution in [1.29, 1.82) is 0 Å². The van der Waals surface area contributed by atoms with Crippen LogP contribution in [0.25, 0.3) is 10.9 Å². The van der Waals surface area contributed by atoms with Gasteiger partial charge in [-0.25, -0.2) is 4.99 Å². The molecule has 0 aliphatic rings. The number of hydrogen-bond donors (Lipinski definition) is 3. The van der Waals surface area contributed by atoms with Crippen molar-refractivity contribution in [2.45, 2.75) is 33.6 Å². The molecule has 156 valence electrons. The third-order valence-corrected chi connectivity index (χ3v) is 4.50. The Morgan fingerprint density at radius 3 is 2.61 bits per heavy atom. The van der Waals surface area contributed by atoms with E-state index in [0.717, 1.165) is 25.9 Å². The molecule has 0 unspecified atom stereocenters. The lowest BCUT2D eigenvalue weighted by molar-refractivity contribution is -0.127. The van der Waals surface area contributed by atoms with E-state index in [2.05, 4.69) is 65.8 Å². The van der Waals surface area contributed by atoms with Gasteiger partial charge in [-0.1, -0.05) is 39.0 Å². The summed E-state index contributed by atoms with van der Waals surface area (Å²) in [5.74, 6) is 1.18. The summed E-state index contributed by atoms with van der Waals surface area (Å²) < 4.78 is 0. The van der Waals surface area contributed by atoms with Crippen molar-refractivity contribution in [3.05, 3.63) is 35.5 Å². The largest absolute Gasteiger partial charge is 0.361 e. The number of guanidine groups is 1. The fraction of sp³-hybridized carbons (Fsp3) is 0.524. The summed E-state index contributed by atoms with van der Waals surface area (Å²) in [6, 6.07) is 6.46. The van der Waals surface area contributed by atoms with Crippen LogP contribution >= 0.6 is 24.0 Å². The lowest BCUT2D eigenvalue weighted by atomic mass is 10.1. The van der Waals surface area contributed by atoms with Crippen LogP contribution in [0.3, 0.4) is 0 Å². The summed E-state index contributed by atoms with van der Waals surface area (Å²) in [5.41, 5.74) is 3.87. The lowest BCUT2D eigenvalue weighted by Gasteiger charge is -2.15. The highest BCUT2D eigenvalue weighted by molar-refractivity contribution is 14.0. The number of H-pyrrole nitrogens is 1. The molecule has 0 spiro atoms. The quantitative estimate of drug-likeness (QED) is 0.297. The van der Waals surface area contributed by atoms with Crippen LogP contribution in [0.4, 0.5) is 0 Å². The molecule has 7 heteroatoms. The highest BCUT2D eigenvalue weighted by Gasteiger charge is 2.08. The Morgan fingerprint density at radius 1 is 1.21 bits per heavy atom. The predicted octanol–water partition coefficient (Wildman–Crippen LogP) is 3.17. The summed E-state index contributed by atoms with van der Waals surface area (Å²) in [7, 11) is 3.49. The van der Waals surface area contributed by atoms with Crippen molar-refractivity contribution in [2.75, 3.05) is 33.7 Å². The van der Waals surface area contributed by atoms with Gasteiger partial charge >= 0.3 is 0 Å². The number of hydrogen-bond acceptors (Lipinski definition) is 2. The first-order valence-electron chi connectivity index (χ1n) is 9.72. The molecule has 0 saturated carbocycles. The number of nitrogens with zero attached hydrogens (tertiary/aromatic N) is 2. The van der Waals surface area contributed by atoms with E-state index in [1.807, 2.05) is 0 Å². The van der Waals surface area contributed by atoms with E-state index in [1.165, 1.54) is 22.0 Å². The van der Waals surface area contributed by atoms with Gasteiger partial charge in [0.15, 0.2) is 5.96 Å². The number of nitrogens with one attached hydrogen (secondary N) is 3. The summed E-state index contributed by atoms with van der Waals surface area (Å²) in [6.07, 6.45) is 4.00. The Kier molecular flexibility index (Phi) is 10.3. The van der Waals surface area contributed by atoms with E-state index in [0.29, 0.717) is 11.9 Å². The fourth-order valence-electron chi connectivity index (χ4n) is 2.86. The molecule has 0 aliphatic heterocycles. The predicted molar refractivity (Wildman–Crippen MR) is 129 cm³/mol. The van der Waals surface area contributed by atoms with Gasteiger partial charge in [-0.15, -0.1) is 24.0 Å². The van der Waals surface area contributed by atoms with E-state index in [4.69, 9.17) is 0 Å². The van der Waals surface area contributed by atoms with Gasteiger partial charge in [0, 0.05) is 44.3 Å². The van der Waals surface area contributed by atoms with Crippen molar-refractivity contribution in [3.8, 4) is 0 Å². The molecule has 28 heavy (non-hydrogen) atoms. The third kappa shape index (κ3) is 7.00. The zero-order valence-electron chi connectivity index (χ0n) is 17.6. The standard InChI is InChI=1S/C21H33N5O.HI/c1-6-16-8-7-9-18-17(13-23-20(16)18)10-11-22-21(24-12-15(2)3)25-14-19(27)26(4)5;/h7-9,13,15,23H,6,10-12,14H2,1-5H3,(H2,22,24,25);1H. The lowest BCUT2D eigenvalue weighted by Crippen LogP contribution is -2.41. The Balaban J connectivity index is 0.00000392. The van der Waals surface area contributed by atoms with E-state index in [9.17, 15) is 4.79 Å². The zero-order chi connectivity index (χ0) is 19.8. The molecule has 0 aliphatic carbocycles. The van der Waals surface area contributed by atoms with Gasteiger partial charge in [-0.05, 0) is 29.9 Å². The number of likely N-dealkylation sites (N-methyl/N-ethyl adjacent to an activating group) is 1. The first kappa shape index (κ1) is 24.3. The maximum Gasteiger partial charge on any atom is 0.243 e. The van der Waals surface area contributed by atoms with Crippen LogP contribution in [-0.4, -0.2) is 55.5 Å². The van der Waals surface area contributed by atoms with Crippen molar-refractivity contribution in [1.82, 2.24) is 20.5 Å². The molecule has 6 nitrogen and oxygen atoms in total. The van der Waals surface area contributed by atoms with Crippen molar-refractivity contribution < 1.29 is 4.79 Å². The fourth-order valence-corrected chi connectivity index (χ4v) is 2.86. The molecule has 0 bridgehead atoms. The Hall–Kier alpha value is -1.77. The molecule has 1 heterocycles. The number of carbonyl (C=O) groups excluding carboxylic acids is 1. The molecule has 1 aromatic carbocycles. The minimum absolute atomic E-state index is 0. The molecule has 0 radical (unpaired) electrons. The maximum absolute atomic E-state index is 11.8. The number of rotatable bonds is 8. The van der Waals surface area contributed by atoms with Gasteiger partial charge < -0.3 is 20.5 Å². The molecule has 2 aromatic rings. The van der Waals surface area contributed by atoms with Crippen LogP contribution in [0.1, 0.15) is 31.9 Å². The molecule has 0 fully saturated rings. The number of aromatic nitrogens is 1. The van der Waals surface area contributed by atoms with E-state index >= 15 is 0 Å². The van der Waals surface area contributed by atoms with Crippen molar-refractivity contribution in [3.63, 3.8) is 0 Å². The van der Waals surface area contributed by atoms with Gasteiger partial charge in [-0.3, -0.25) is 4.79 Å². The summed E-state index contributed by atoms with van der Waals surface area (Å²) in [6.45, 7) is 8.18. The number of fused-ring (bicyclic) bond motifs is 1. The van der Waals surface area contributed by atoms with Gasteiger partial charge in [0.2, 0.25) is 5.91 Å². The average molecular weight is 499 g/mol. The van der Waals surface area contributed by atoms with Gasteiger partial charge in [0.1, 0.15) is 6.54 Å². The minimum atomic E-state index is -0.00984. The number of aliphatic imine (C=N–C) groups is 1. The topological polar surface area (TPSA) is 72.5 Å². The summed E-state index contributed by atoms with van der Waals surface area (Å²) in [5, 5.41) is 7.95. The van der Waals surface area contributed by atoms with E-state index < -0.39 is 0 Å². The van der Waals surface area contributed by atoms with Crippen LogP contribution in [0.5, 0.6) is 0 Å². The molecule has 1 aromatic heterocycles. The number of amides is 1. The number of aromatic amines is 1. The van der Waals surface area contributed by atoms with Crippen molar-refractivity contribution in [2.24, 2.45) is 10.9 Å². The second kappa shape index (κ2) is 11.9. The van der Waals surface area contributed by atoms with Crippen LogP contribution in [0.2, 0.25) is 0 Å². The maximum atomic E-state index is 11.8. The van der Waals surface area contributed by atoms with Gasteiger partial charge in [0.05, 0.1) is 0 Å². The summed E-state index contributed by atoms with van der Waals surface area (Å²) in [4.78, 5) is 21.2. The minimum Gasteiger partial charge on any atom is -0.361 e. The zero-order valence-corrected chi connectivity index (χ0v) is 20.0. The molecular formula is C21H34IN5O. The van der Waals surface area contributed by atoms with Gasteiger partial charge in [-0.2, -0.15) is 0 Å². The van der Waals surface area contributed by atoms with Crippen LogP contribution in [0.15, 0.2) is 29.4 Å². The van der Waals surface area contributed by atoms with Crippen LogP contribution < -0.4 is 10.6 Å². The average Bonchev–Trinajstić information content (AvgIpc) is 3.06. The third-order valence-electron chi connectivity index (χ3n) is 4.50. The highest BCUT2D eigenvalue weighted by atomic mass is 127. The van der Waals surface area contributed by atoms with E-state index in [-0.39, 0.29) is 36.4 Å². The molecule has 2 rings (SSSR count). The smallest absolute Gasteiger partial charge is 0.243 e. The highest BCUT2D eigenvalue weighted by Crippen LogP contribution is 2.22. The van der Waals surface area contributed by atoms with Crippen LogP contribution in [0, 0.1) is 5.92 Å². The number of para-hydroxylation sites is 1. The molecule has 0 atom stereocenters. The number of halogens is 1. The number of benzene rings is 1. The molecule has 1 amide bonds. The normalized spacial score (nSPS) is 11.4. The molecular weight excluding hydrogens is 465 g/mol. The number of carbonyl (C=O) groups is 1.